The molecule has 0 bridgehead atoms. The molecule has 0 saturated carbocycles. The zero-order chi connectivity index (χ0) is 22.3. The Morgan fingerprint density at radius 3 is 2.75 bits per heavy atom. The lowest BCUT2D eigenvalue weighted by Gasteiger charge is -2.23. The second-order valence-corrected chi connectivity index (χ2v) is 7.59. The lowest BCUT2D eigenvalue weighted by atomic mass is 10.1. The highest BCUT2D eigenvalue weighted by Gasteiger charge is 2.24. The molecule has 164 valence electrons. The third-order valence-electron chi connectivity index (χ3n) is 5.32. The predicted octanol–water partition coefficient (Wildman–Crippen LogP) is 3.56. The Bertz CT molecular complexity index is 1090. The van der Waals surface area contributed by atoms with Crippen LogP contribution in [0.3, 0.4) is 0 Å². The number of hydrogen-bond acceptors (Lipinski definition) is 5. The molecule has 1 fully saturated rings. The Hall–Kier alpha value is -3.81. The van der Waals surface area contributed by atoms with Gasteiger partial charge in [0.25, 0.3) is 0 Å². The molecule has 0 atom stereocenters. The van der Waals surface area contributed by atoms with Gasteiger partial charge < -0.3 is 10.2 Å². The van der Waals surface area contributed by atoms with Gasteiger partial charge in [0.2, 0.25) is 12.3 Å². The van der Waals surface area contributed by atoms with Crippen molar-refractivity contribution in [2.45, 2.75) is 25.8 Å². The largest absolute Gasteiger partial charge is 0.368 e. The first-order valence-electron chi connectivity index (χ1n) is 10.5. The van der Waals surface area contributed by atoms with E-state index in [0.717, 1.165) is 24.0 Å². The van der Waals surface area contributed by atoms with Gasteiger partial charge in [-0.05, 0) is 54.3 Å². The summed E-state index contributed by atoms with van der Waals surface area (Å²) in [5, 5.41) is 3.27. The molecule has 1 N–H and O–H groups in total. The number of hydrogen-bond donors (Lipinski definition) is 1. The van der Waals surface area contributed by atoms with Crippen LogP contribution in [0.2, 0.25) is 0 Å². The highest BCUT2D eigenvalue weighted by atomic mass is 19.1. The normalized spacial score (nSPS) is 13.3. The van der Waals surface area contributed by atoms with Gasteiger partial charge >= 0.3 is 0 Å². The molecule has 1 aliphatic rings. The minimum absolute atomic E-state index is 0.0403. The molecule has 0 spiro atoms. The molecular formula is C24H24FN5O2. The number of nitrogens with one attached hydrogen (secondary N) is 1. The first-order chi connectivity index (χ1) is 15.6. The third-order valence-corrected chi connectivity index (χ3v) is 5.32. The van der Waals surface area contributed by atoms with Crippen molar-refractivity contribution in [2.75, 3.05) is 28.2 Å². The van der Waals surface area contributed by atoms with Gasteiger partial charge in [0.15, 0.2) is 5.82 Å². The first kappa shape index (κ1) is 21.4. The zero-order valence-corrected chi connectivity index (χ0v) is 17.6. The van der Waals surface area contributed by atoms with Crippen LogP contribution in [0.1, 0.15) is 24.0 Å². The fraction of sp³-hybridized carbons (Fsp3) is 0.250. The number of nitrogens with zero attached hydrogens (tertiary/aromatic N) is 4. The molecule has 2 amide bonds. The molecule has 1 aliphatic heterocycles. The van der Waals surface area contributed by atoms with Gasteiger partial charge in [-0.1, -0.05) is 18.2 Å². The summed E-state index contributed by atoms with van der Waals surface area (Å²) in [6.07, 6.45) is 6.02. The highest BCUT2D eigenvalue weighted by Crippen LogP contribution is 2.29. The number of carbonyl (C=O) groups excluding carboxylic acids is 2. The zero-order valence-electron chi connectivity index (χ0n) is 17.6. The van der Waals surface area contributed by atoms with E-state index in [4.69, 9.17) is 0 Å². The number of benzene rings is 1. The van der Waals surface area contributed by atoms with Crippen LogP contribution in [0.15, 0.2) is 60.9 Å². The van der Waals surface area contributed by atoms with E-state index >= 15 is 0 Å². The number of carbonyl (C=O) groups is 2. The molecule has 1 aromatic carbocycles. The van der Waals surface area contributed by atoms with E-state index in [9.17, 15) is 14.0 Å². The quantitative estimate of drug-likeness (QED) is 0.522. The number of halogens is 1. The number of anilines is 3. The fourth-order valence-corrected chi connectivity index (χ4v) is 3.73. The number of pyridine rings is 2. The van der Waals surface area contributed by atoms with Crippen molar-refractivity contribution >= 4 is 29.6 Å². The molecule has 3 heterocycles. The van der Waals surface area contributed by atoms with Crippen LogP contribution in [-0.4, -0.2) is 35.4 Å². The van der Waals surface area contributed by atoms with Gasteiger partial charge in [-0.15, -0.1) is 0 Å². The maximum absolute atomic E-state index is 13.5. The Balaban J connectivity index is 1.58. The van der Waals surface area contributed by atoms with Gasteiger partial charge in [0.05, 0.1) is 12.2 Å². The van der Waals surface area contributed by atoms with Crippen molar-refractivity contribution in [2.24, 2.45) is 0 Å². The van der Waals surface area contributed by atoms with Crippen molar-refractivity contribution in [1.82, 2.24) is 9.97 Å². The molecule has 0 radical (unpaired) electrons. The van der Waals surface area contributed by atoms with Gasteiger partial charge in [-0.3, -0.25) is 19.5 Å². The molecule has 0 aliphatic carbocycles. The highest BCUT2D eigenvalue weighted by molar-refractivity contribution is 5.95. The topological polar surface area (TPSA) is 78.4 Å². The second kappa shape index (κ2) is 10.00. The molecule has 1 saturated heterocycles. The van der Waals surface area contributed by atoms with Gasteiger partial charge in [0.1, 0.15) is 11.6 Å². The summed E-state index contributed by atoms with van der Waals surface area (Å²) in [7, 11) is 0. The van der Waals surface area contributed by atoms with Crippen LogP contribution in [0, 0.1) is 5.82 Å². The Morgan fingerprint density at radius 1 is 1.16 bits per heavy atom. The van der Waals surface area contributed by atoms with Crippen molar-refractivity contribution in [3.63, 3.8) is 0 Å². The smallest absolute Gasteiger partial charge is 0.228 e. The monoisotopic (exact) mass is 433 g/mol. The van der Waals surface area contributed by atoms with Gasteiger partial charge in [-0.2, -0.15) is 0 Å². The summed E-state index contributed by atoms with van der Waals surface area (Å²) in [6, 6.07) is 13.7. The Morgan fingerprint density at radius 2 is 2.03 bits per heavy atom. The molecule has 0 unspecified atom stereocenters. The minimum atomic E-state index is -0.278. The first-order valence-corrected chi connectivity index (χ1v) is 10.5. The van der Waals surface area contributed by atoms with Crippen LogP contribution in [0.4, 0.5) is 21.7 Å². The molecule has 3 aromatic rings. The molecule has 7 nitrogen and oxygen atoms in total. The average molecular weight is 433 g/mol. The molecule has 8 heteroatoms. The van der Waals surface area contributed by atoms with E-state index < -0.39 is 0 Å². The van der Waals surface area contributed by atoms with E-state index in [1.165, 1.54) is 12.1 Å². The molecule has 2 aromatic heterocycles. The van der Waals surface area contributed by atoms with Crippen molar-refractivity contribution in [3.05, 3.63) is 77.9 Å². The number of aromatic nitrogens is 2. The van der Waals surface area contributed by atoms with Crippen molar-refractivity contribution in [1.29, 1.82) is 0 Å². The van der Waals surface area contributed by atoms with Crippen LogP contribution in [-0.2, 0) is 22.6 Å². The average Bonchev–Trinajstić information content (AvgIpc) is 3.24. The van der Waals surface area contributed by atoms with Crippen LogP contribution in [0.5, 0.6) is 0 Å². The Labute approximate surface area is 185 Å². The standard InChI is InChI=1S/C24H24FN5O2/c25-20-6-1-4-18(14-20)10-12-27-24-21(29(17-31)16-19-5-2-11-26-15-19)8-9-22(28-24)30-13-3-7-23(30)32/h1-2,4-6,8-9,11,14-15,17H,3,7,10,12-13,16H2,(H,27,28). The number of rotatable bonds is 9. The van der Waals surface area contributed by atoms with Crippen LogP contribution >= 0.6 is 0 Å². The van der Waals surface area contributed by atoms with Gasteiger partial charge in [0, 0.05) is 31.9 Å². The van der Waals surface area contributed by atoms with Gasteiger partial charge in [-0.25, -0.2) is 9.37 Å². The summed E-state index contributed by atoms with van der Waals surface area (Å²) < 4.78 is 13.5. The van der Waals surface area contributed by atoms with E-state index in [-0.39, 0.29) is 11.7 Å². The summed E-state index contributed by atoms with van der Waals surface area (Å²) in [6.45, 7) is 1.45. The maximum Gasteiger partial charge on any atom is 0.228 e. The fourth-order valence-electron chi connectivity index (χ4n) is 3.73. The van der Waals surface area contributed by atoms with Crippen molar-refractivity contribution < 1.29 is 14.0 Å². The van der Waals surface area contributed by atoms with E-state index in [1.54, 1.807) is 40.4 Å². The summed E-state index contributed by atoms with van der Waals surface area (Å²) in [4.78, 5) is 36.1. The predicted molar refractivity (Wildman–Crippen MR) is 121 cm³/mol. The van der Waals surface area contributed by atoms with Crippen LogP contribution in [0.25, 0.3) is 0 Å². The summed E-state index contributed by atoms with van der Waals surface area (Å²) in [5.74, 6) is 0.810. The lowest BCUT2D eigenvalue weighted by Crippen LogP contribution is -2.27. The second-order valence-electron chi connectivity index (χ2n) is 7.59. The molecule has 4 rings (SSSR count). The molecule has 32 heavy (non-hydrogen) atoms. The van der Waals surface area contributed by atoms with E-state index in [0.29, 0.717) is 49.8 Å². The Kier molecular flexibility index (Phi) is 6.69. The third kappa shape index (κ3) is 5.08. The van der Waals surface area contributed by atoms with Crippen LogP contribution < -0.4 is 15.1 Å². The van der Waals surface area contributed by atoms with Crippen molar-refractivity contribution in [3.8, 4) is 0 Å². The summed E-state index contributed by atoms with van der Waals surface area (Å²) in [5.41, 5.74) is 2.33. The number of amides is 2. The van der Waals surface area contributed by atoms with E-state index in [2.05, 4.69) is 15.3 Å². The maximum atomic E-state index is 13.5. The van der Waals surface area contributed by atoms with E-state index in [1.807, 2.05) is 18.2 Å². The lowest BCUT2D eigenvalue weighted by molar-refractivity contribution is -0.117. The summed E-state index contributed by atoms with van der Waals surface area (Å²) >= 11 is 0. The molecular weight excluding hydrogens is 409 g/mol. The SMILES string of the molecule is O=CN(Cc1cccnc1)c1ccc(N2CCCC2=O)nc1NCCc1cccc(F)c1. The minimum Gasteiger partial charge on any atom is -0.368 e.